The van der Waals surface area contributed by atoms with E-state index in [0.29, 0.717) is 0 Å². The van der Waals surface area contributed by atoms with Gasteiger partial charge in [-0.3, -0.25) is 0 Å². The molecule has 0 unspecified atom stereocenters. The van der Waals surface area contributed by atoms with Crippen LogP contribution in [0.2, 0.25) is 0 Å². The lowest BCUT2D eigenvalue weighted by Gasteiger charge is -2.02. The molecule has 1 aromatic rings. The Bertz CT molecular complexity index is 230. The molecule has 12 heavy (non-hydrogen) atoms. The minimum absolute atomic E-state index is 0.223. The molecule has 0 nitrogen and oxygen atoms in total. The van der Waals surface area contributed by atoms with Gasteiger partial charge in [0.2, 0.25) is 0 Å². The van der Waals surface area contributed by atoms with Gasteiger partial charge in [-0.25, -0.2) is 22.0 Å². The van der Waals surface area contributed by atoms with Crippen molar-refractivity contribution in [2.24, 2.45) is 0 Å². The number of halogens is 5. The Morgan fingerprint density at radius 3 is 1.17 bits per heavy atom. The molecule has 0 spiro atoms. The fourth-order valence-electron chi connectivity index (χ4n) is 0.715. The molecular weight excluding hydrogens is 194 g/mol. The standard InChI is InChI=1S/C6F5.Al.2H/c7-2-1-3(8)5(10)6(11)4(2)9;;;. The van der Waals surface area contributed by atoms with E-state index in [2.05, 4.69) is 0 Å². The van der Waals surface area contributed by atoms with Gasteiger partial charge >= 0.3 is 0 Å². The first kappa shape index (κ1) is 9.49. The highest BCUT2D eigenvalue weighted by molar-refractivity contribution is 6.32. The first-order valence-electron chi connectivity index (χ1n) is 2.94. The fourth-order valence-corrected chi connectivity index (χ4v) is 1.15. The molecule has 0 aromatic heterocycles. The first-order chi connectivity index (χ1) is 5.46. The van der Waals surface area contributed by atoms with Gasteiger partial charge in [-0.1, -0.05) is 0 Å². The molecule has 0 atom stereocenters. The van der Waals surface area contributed by atoms with E-state index < -0.39 is 33.5 Å². The Balaban J connectivity index is 3.60. The van der Waals surface area contributed by atoms with Crippen molar-refractivity contribution < 1.29 is 22.0 Å². The van der Waals surface area contributed by atoms with Gasteiger partial charge in [0, 0.05) is 0 Å². The molecule has 0 aliphatic heterocycles. The topological polar surface area (TPSA) is 0 Å². The Kier molecular flexibility index (Phi) is 2.40. The van der Waals surface area contributed by atoms with E-state index in [0.717, 1.165) is 0 Å². The summed E-state index contributed by atoms with van der Waals surface area (Å²) in [6, 6.07) is 0. The second-order valence-electron chi connectivity index (χ2n) is 2.19. The molecule has 0 aliphatic carbocycles. The summed E-state index contributed by atoms with van der Waals surface area (Å²) in [4.78, 5) is 0. The van der Waals surface area contributed by atoms with Crippen molar-refractivity contribution in [3.8, 4) is 0 Å². The number of benzene rings is 1. The van der Waals surface area contributed by atoms with Gasteiger partial charge in [-0.15, -0.1) is 0 Å². The summed E-state index contributed by atoms with van der Waals surface area (Å²) in [5.41, 5.74) is 0. The molecule has 0 N–H and O–H groups in total. The third-order valence-corrected chi connectivity index (χ3v) is 2.31. The Morgan fingerprint density at radius 2 is 0.833 bits per heavy atom. The minimum atomic E-state index is -2.11. The molecule has 0 bridgehead atoms. The highest BCUT2D eigenvalue weighted by atomic mass is 27.0. The van der Waals surface area contributed by atoms with Crippen LogP contribution in [0.4, 0.5) is 22.0 Å². The highest BCUT2D eigenvalue weighted by Gasteiger charge is 2.22. The van der Waals surface area contributed by atoms with Crippen molar-refractivity contribution >= 4 is 20.7 Å². The largest absolute Gasteiger partial charge is 0.268 e. The predicted molar refractivity (Wildman–Crippen MR) is 34.4 cm³/mol. The molecule has 0 heterocycles. The maximum absolute atomic E-state index is 12.4. The molecule has 6 heteroatoms. The maximum Gasteiger partial charge on any atom is 0.268 e. The van der Waals surface area contributed by atoms with Crippen LogP contribution in [0.1, 0.15) is 0 Å². The number of hydrogen-bond acceptors (Lipinski definition) is 0. The molecule has 0 amide bonds. The Hall–Kier alpha value is -0.598. The van der Waals surface area contributed by atoms with Gasteiger partial charge in [0.05, 0.1) is 0 Å². The molecular formula is C6H2AlF5. The second-order valence-corrected chi connectivity index (χ2v) is 3.19. The Labute approximate surface area is 72.4 Å². The van der Waals surface area contributed by atoms with E-state index in [1.54, 1.807) is 0 Å². The van der Waals surface area contributed by atoms with E-state index in [1.807, 2.05) is 0 Å². The summed E-state index contributed by atoms with van der Waals surface area (Å²) in [6.07, 6.45) is 0. The lowest BCUT2D eigenvalue weighted by molar-refractivity contribution is 0.384. The zero-order chi connectivity index (χ0) is 9.46. The molecule has 0 saturated heterocycles. The van der Waals surface area contributed by atoms with E-state index in [4.69, 9.17) is 0 Å². The highest BCUT2D eigenvalue weighted by Crippen LogP contribution is 2.14. The van der Waals surface area contributed by atoms with Gasteiger partial charge in [0.1, 0.15) is 0 Å². The van der Waals surface area contributed by atoms with Gasteiger partial charge in [-0.05, 0) is 4.43 Å². The minimum Gasteiger partial charge on any atom is -0.205 e. The summed E-state index contributed by atoms with van der Waals surface area (Å²) in [7, 11) is 0. The van der Waals surface area contributed by atoms with Gasteiger partial charge in [0.25, 0.3) is 16.3 Å². The van der Waals surface area contributed by atoms with Crippen LogP contribution in [0, 0.1) is 29.1 Å². The van der Waals surface area contributed by atoms with Crippen LogP contribution in [0.15, 0.2) is 0 Å². The molecule has 64 valence electrons. The molecule has 0 aliphatic rings. The molecule has 0 radical (unpaired) electrons. The summed E-state index contributed by atoms with van der Waals surface area (Å²) >= 11 is -0.223. The predicted octanol–water partition coefficient (Wildman–Crippen LogP) is 0.641. The van der Waals surface area contributed by atoms with Crippen LogP contribution in [-0.4, -0.2) is 16.3 Å². The quantitative estimate of drug-likeness (QED) is 0.247. The average Bonchev–Trinajstić information content (AvgIpc) is 2.08. The van der Waals surface area contributed by atoms with E-state index in [9.17, 15) is 22.0 Å². The van der Waals surface area contributed by atoms with Crippen LogP contribution in [-0.2, 0) is 0 Å². The van der Waals surface area contributed by atoms with Crippen LogP contribution < -0.4 is 4.43 Å². The van der Waals surface area contributed by atoms with Crippen molar-refractivity contribution in [1.82, 2.24) is 0 Å². The van der Waals surface area contributed by atoms with Gasteiger partial charge < -0.3 is 0 Å². The van der Waals surface area contributed by atoms with Gasteiger partial charge in [-0.2, -0.15) is 0 Å². The van der Waals surface area contributed by atoms with Gasteiger partial charge in [0.15, 0.2) is 29.1 Å². The fraction of sp³-hybridized carbons (Fsp3) is 0. The lowest BCUT2D eigenvalue weighted by Crippen LogP contribution is -2.20. The van der Waals surface area contributed by atoms with E-state index >= 15 is 0 Å². The lowest BCUT2D eigenvalue weighted by atomic mass is 10.3. The summed E-state index contributed by atoms with van der Waals surface area (Å²) in [6.45, 7) is 0. The van der Waals surface area contributed by atoms with Crippen molar-refractivity contribution in [2.45, 2.75) is 0 Å². The first-order valence-corrected chi connectivity index (χ1v) is 3.94. The molecule has 0 saturated carbocycles. The molecule has 1 rings (SSSR count). The molecule has 0 fully saturated rings. The van der Waals surface area contributed by atoms with Crippen LogP contribution in [0.25, 0.3) is 0 Å². The van der Waals surface area contributed by atoms with Crippen LogP contribution in [0.5, 0.6) is 0 Å². The summed E-state index contributed by atoms with van der Waals surface area (Å²) < 4.78 is 61.0. The second kappa shape index (κ2) is 3.04. The normalized spacial score (nSPS) is 10.4. The summed E-state index contributed by atoms with van der Waals surface area (Å²) in [5.74, 6) is -9.31. The number of hydrogen-bond donors (Lipinski definition) is 0. The Morgan fingerprint density at radius 1 is 0.583 bits per heavy atom. The SMILES string of the molecule is Fc1c(F)c(F)[c]([AlH2])c(F)c1F. The van der Waals surface area contributed by atoms with E-state index in [1.165, 1.54) is 0 Å². The van der Waals surface area contributed by atoms with Crippen molar-refractivity contribution in [3.05, 3.63) is 29.1 Å². The zero-order valence-electron chi connectivity index (χ0n) is 5.89. The van der Waals surface area contributed by atoms with Crippen molar-refractivity contribution in [1.29, 1.82) is 0 Å². The maximum atomic E-state index is 12.4. The monoisotopic (exact) mass is 196 g/mol. The van der Waals surface area contributed by atoms with Crippen LogP contribution in [0.3, 0.4) is 0 Å². The average molecular weight is 196 g/mol. The molecule has 1 aromatic carbocycles. The van der Waals surface area contributed by atoms with Crippen LogP contribution >= 0.6 is 0 Å². The zero-order valence-corrected chi connectivity index (χ0v) is 7.89. The summed E-state index contributed by atoms with van der Waals surface area (Å²) in [5, 5.41) is 0. The van der Waals surface area contributed by atoms with Crippen molar-refractivity contribution in [3.63, 3.8) is 0 Å². The van der Waals surface area contributed by atoms with E-state index in [-0.39, 0.29) is 16.3 Å². The van der Waals surface area contributed by atoms with Crippen molar-refractivity contribution in [2.75, 3.05) is 0 Å². The smallest absolute Gasteiger partial charge is 0.205 e. The third kappa shape index (κ3) is 1.21. The third-order valence-electron chi connectivity index (χ3n) is 1.43. The number of rotatable bonds is 0.